The first-order valence-corrected chi connectivity index (χ1v) is 8.34. The first kappa shape index (κ1) is 14.9. The van der Waals surface area contributed by atoms with Crippen molar-refractivity contribution in [1.82, 2.24) is 9.88 Å². The molecule has 1 aromatic heterocycles. The summed E-state index contributed by atoms with van der Waals surface area (Å²) in [5.74, 6) is 0.0486. The molecule has 0 N–H and O–H groups in total. The van der Waals surface area contributed by atoms with Crippen LogP contribution < -0.4 is 0 Å². The van der Waals surface area contributed by atoms with Crippen LogP contribution in [0.15, 0.2) is 35.7 Å². The zero-order valence-electron chi connectivity index (χ0n) is 12.5. The summed E-state index contributed by atoms with van der Waals surface area (Å²) >= 11 is 1.48. The van der Waals surface area contributed by atoms with Gasteiger partial charge in [0.2, 0.25) is 0 Å². The summed E-state index contributed by atoms with van der Waals surface area (Å²) in [5.41, 5.74) is 1.22. The lowest BCUT2D eigenvalue weighted by molar-refractivity contribution is 0.0712. The number of nitrogens with zero attached hydrogens (tertiary/aromatic N) is 2. The Morgan fingerprint density at radius 2 is 2.09 bits per heavy atom. The quantitative estimate of drug-likeness (QED) is 0.813. The van der Waals surface area contributed by atoms with Crippen molar-refractivity contribution in [2.45, 2.75) is 32.2 Å². The predicted octanol–water partition coefficient (Wildman–Crippen LogP) is 3.33. The summed E-state index contributed by atoms with van der Waals surface area (Å²) in [7, 11) is 0. The number of likely N-dealkylation sites (tertiary alicyclic amines) is 1. The monoisotopic (exact) mass is 314 g/mol. The van der Waals surface area contributed by atoms with Crippen molar-refractivity contribution in [1.29, 1.82) is 0 Å². The molecule has 1 aliphatic heterocycles. The van der Waals surface area contributed by atoms with Gasteiger partial charge < -0.3 is 4.90 Å². The molecule has 5 heteroatoms. The van der Waals surface area contributed by atoms with Gasteiger partial charge in [0, 0.05) is 30.0 Å². The average molecular weight is 314 g/mol. The maximum Gasteiger partial charge on any atom is 0.273 e. The molecule has 1 aromatic carbocycles. The third-order valence-corrected chi connectivity index (χ3v) is 4.77. The average Bonchev–Trinajstić information content (AvgIpc) is 3.16. The highest BCUT2D eigenvalue weighted by Gasteiger charge is 2.32. The molecule has 0 bridgehead atoms. The molecule has 0 radical (unpaired) electrons. The van der Waals surface area contributed by atoms with Gasteiger partial charge in [-0.1, -0.05) is 30.3 Å². The molecule has 2 aromatic rings. The van der Waals surface area contributed by atoms with Crippen LogP contribution in [-0.4, -0.2) is 34.2 Å². The molecule has 1 unspecified atom stereocenters. The molecule has 0 saturated carbocycles. The Kier molecular flexibility index (Phi) is 4.34. The van der Waals surface area contributed by atoms with E-state index in [-0.39, 0.29) is 17.7 Å². The Hall–Kier alpha value is -2.01. The zero-order chi connectivity index (χ0) is 15.5. The Bertz CT molecular complexity index is 681. The minimum atomic E-state index is -0.0484. The van der Waals surface area contributed by atoms with E-state index in [1.807, 2.05) is 42.2 Å². The van der Waals surface area contributed by atoms with Gasteiger partial charge in [-0.3, -0.25) is 9.59 Å². The fourth-order valence-electron chi connectivity index (χ4n) is 2.88. The number of benzene rings is 1. The third kappa shape index (κ3) is 3.09. The summed E-state index contributed by atoms with van der Waals surface area (Å²) in [5, 5.41) is 2.69. The van der Waals surface area contributed by atoms with Gasteiger partial charge in [0.1, 0.15) is 5.69 Å². The predicted molar refractivity (Wildman–Crippen MR) is 86.3 cm³/mol. The number of thiazole rings is 1. The number of Topliss-reactive ketones (excluding diaryl/α,β-unsaturated/α-hetero) is 1. The molecular formula is C17H18N2O2S. The molecule has 1 amide bonds. The van der Waals surface area contributed by atoms with Crippen LogP contribution in [0.5, 0.6) is 0 Å². The Labute approximate surface area is 133 Å². The van der Waals surface area contributed by atoms with Crippen LogP contribution in [0.3, 0.4) is 0 Å². The SMILES string of the molecule is Cc1nc(C(=O)N2CCCC2CC(=O)c2ccccc2)cs1. The second kappa shape index (κ2) is 6.40. The van der Waals surface area contributed by atoms with Gasteiger partial charge in [-0.15, -0.1) is 11.3 Å². The van der Waals surface area contributed by atoms with E-state index < -0.39 is 0 Å². The van der Waals surface area contributed by atoms with Gasteiger partial charge in [-0.2, -0.15) is 0 Å². The number of aryl methyl sites for hydroxylation is 1. The molecule has 22 heavy (non-hydrogen) atoms. The van der Waals surface area contributed by atoms with Gasteiger partial charge in [-0.05, 0) is 19.8 Å². The molecule has 3 rings (SSSR count). The smallest absolute Gasteiger partial charge is 0.273 e. The maximum absolute atomic E-state index is 12.5. The highest BCUT2D eigenvalue weighted by atomic mass is 32.1. The summed E-state index contributed by atoms with van der Waals surface area (Å²) < 4.78 is 0. The summed E-state index contributed by atoms with van der Waals surface area (Å²) in [6.45, 7) is 2.60. The highest BCUT2D eigenvalue weighted by Crippen LogP contribution is 2.24. The summed E-state index contributed by atoms with van der Waals surface area (Å²) in [4.78, 5) is 31.0. The van der Waals surface area contributed by atoms with Crippen LogP contribution in [0, 0.1) is 6.92 Å². The second-order valence-electron chi connectivity index (χ2n) is 5.54. The van der Waals surface area contributed by atoms with Crippen LogP contribution in [0.1, 0.15) is 45.1 Å². The molecule has 4 nitrogen and oxygen atoms in total. The van der Waals surface area contributed by atoms with Gasteiger partial charge in [-0.25, -0.2) is 4.98 Å². The lowest BCUT2D eigenvalue weighted by Crippen LogP contribution is -2.37. The van der Waals surface area contributed by atoms with Crippen molar-refractivity contribution in [3.05, 3.63) is 52.0 Å². The normalized spacial score (nSPS) is 17.7. The number of rotatable bonds is 4. The largest absolute Gasteiger partial charge is 0.334 e. The lowest BCUT2D eigenvalue weighted by Gasteiger charge is -2.23. The molecule has 1 aliphatic rings. The van der Waals surface area contributed by atoms with Crippen molar-refractivity contribution < 1.29 is 9.59 Å². The van der Waals surface area contributed by atoms with E-state index in [1.165, 1.54) is 11.3 Å². The number of carbonyl (C=O) groups is 2. The van der Waals surface area contributed by atoms with Crippen LogP contribution in [0.2, 0.25) is 0 Å². The molecular weight excluding hydrogens is 296 g/mol. The van der Waals surface area contributed by atoms with Crippen LogP contribution in [-0.2, 0) is 0 Å². The van der Waals surface area contributed by atoms with E-state index in [0.29, 0.717) is 24.2 Å². The van der Waals surface area contributed by atoms with E-state index >= 15 is 0 Å². The van der Waals surface area contributed by atoms with Crippen LogP contribution in [0.4, 0.5) is 0 Å². The van der Waals surface area contributed by atoms with Gasteiger partial charge >= 0.3 is 0 Å². The van der Waals surface area contributed by atoms with E-state index in [1.54, 1.807) is 5.38 Å². The number of carbonyl (C=O) groups excluding carboxylic acids is 2. The van der Waals surface area contributed by atoms with Crippen LogP contribution in [0.25, 0.3) is 0 Å². The second-order valence-corrected chi connectivity index (χ2v) is 6.60. The number of ketones is 1. The van der Waals surface area contributed by atoms with Crippen molar-refractivity contribution in [2.24, 2.45) is 0 Å². The molecule has 1 fully saturated rings. The van der Waals surface area contributed by atoms with Crippen molar-refractivity contribution in [2.75, 3.05) is 6.54 Å². The Morgan fingerprint density at radius 1 is 1.32 bits per heavy atom. The van der Waals surface area contributed by atoms with Crippen molar-refractivity contribution in [3.63, 3.8) is 0 Å². The summed E-state index contributed by atoms with van der Waals surface area (Å²) in [6.07, 6.45) is 2.22. The molecule has 1 atom stereocenters. The fourth-order valence-corrected chi connectivity index (χ4v) is 3.47. The molecule has 0 spiro atoms. The molecule has 1 saturated heterocycles. The molecule has 2 heterocycles. The minimum Gasteiger partial charge on any atom is -0.334 e. The number of hydrogen-bond acceptors (Lipinski definition) is 4. The van der Waals surface area contributed by atoms with Crippen LogP contribution >= 0.6 is 11.3 Å². The Balaban J connectivity index is 1.71. The number of aromatic nitrogens is 1. The van der Waals surface area contributed by atoms with Gasteiger partial charge in [0.15, 0.2) is 5.78 Å². The van der Waals surface area contributed by atoms with E-state index in [4.69, 9.17) is 0 Å². The van der Waals surface area contributed by atoms with Crippen molar-refractivity contribution >= 4 is 23.0 Å². The maximum atomic E-state index is 12.5. The van der Waals surface area contributed by atoms with Crippen molar-refractivity contribution in [3.8, 4) is 0 Å². The van der Waals surface area contributed by atoms with Gasteiger partial charge in [0.05, 0.1) is 5.01 Å². The molecule has 114 valence electrons. The molecule has 0 aliphatic carbocycles. The summed E-state index contributed by atoms with van der Waals surface area (Å²) in [6, 6.07) is 9.26. The minimum absolute atomic E-state index is 0.0118. The first-order chi connectivity index (χ1) is 10.6. The number of amides is 1. The first-order valence-electron chi connectivity index (χ1n) is 7.46. The topological polar surface area (TPSA) is 50.3 Å². The Morgan fingerprint density at radius 3 is 2.77 bits per heavy atom. The highest BCUT2D eigenvalue weighted by molar-refractivity contribution is 7.09. The standard InChI is InChI=1S/C17H18N2O2S/c1-12-18-15(11-22-12)17(21)19-9-5-8-14(19)10-16(20)13-6-3-2-4-7-13/h2-4,6-7,11,14H,5,8-10H2,1H3. The van der Waals surface area contributed by atoms with E-state index in [0.717, 1.165) is 17.8 Å². The fraction of sp³-hybridized carbons (Fsp3) is 0.353. The lowest BCUT2D eigenvalue weighted by atomic mass is 10.0. The van der Waals surface area contributed by atoms with E-state index in [9.17, 15) is 9.59 Å². The number of hydrogen-bond donors (Lipinski definition) is 0. The van der Waals surface area contributed by atoms with Gasteiger partial charge in [0.25, 0.3) is 5.91 Å². The third-order valence-electron chi connectivity index (χ3n) is 3.99. The van der Waals surface area contributed by atoms with E-state index in [2.05, 4.69) is 4.98 Å². The zero-order valence-corrected chi connectivity index (χ0v) is 13.3.